The lowest BCUT2D eigenvalue weighted by atomic mass is 9.82. The summed E-state index contributed by atoms with van der Waals surface area (Å²) in [5, 5.41) is 2.54. The number of benzene rings is 3. The number of anilines is 2. The molecular formula is C28H26F5N3O. The molecule has 9 heteroatoms. The van der Waals surface area contributed by atoms with E-state index in [-0.39, 0.29) is 18.2 Å². The number of piperazine rings is 1. The van der Waals surface area contributed by atoms with Gasteiger partial charge >= 0.3 is 6.18 Å². The zero-order chi connectivity index (χ0) is 26.2. The molecule has 0 saturated carbocycles. The van der Waals surface area contributed by atoms with Crippen molar-refractivity contribution in [1.82, 2.24) is 4.90 Å². The Morgan fingerprint density at radius 3 is 2.49 bits per heavy atom. The van der Waals surface area contributed by atoms with Gasteiger partial charge in [0.15, 0.2) is 0 Å². The second kappa shape index (κ2) is 10.1. The molecule has 0 bridgehead atoms. The van der Waals surface area contributed by atoms with E-state index >= 15 is 0 Å². The molecule has 0 aromatic heterocycles. The van der Waals surface area contributed by atoms with Crippen LogP contribution in [-0.2, 0) is 23.8 Å². The molecule has 1 amide bonds. The molecule has 1 saturated heterocycles. The van der Waals surface area contributed by atoms with Crippen LogP contribution in [-0.4, -0.2) is 43.0 Å². The second-order valence-corrected chi connectivity index (χ2v) is 9.56. The Balaban J connectivity index is 1.41. The van der Waals surface area contributed by atoms with Gasteiger partial charge in [0.1, 0.15) is 11.6 Å². The first kappa shape index (κ1) is 25.2. The fourth-order valence-electron chi connectivity index (χ4n) is 5.31. The van der Waals surface area contributed by atoms with Gasteiger partial charge in [0.25, 0.3) is 0 Å². The molecule has 2 aliphatic rings. The van der Waals surface area contributed by atoms with Crippen LogP contribution in [0.25, 0.3) is 0 Å². The standard InChI is InChI=1S/C28H26F5N3O/c29-21-7-8-24(23(30)16-21)34-27(37)22-15-19-14-20(28(31,32)33)6-9-25(19)36-13-12-35(17-26(22)36)11-10-18-4-2-1-3-5-18/h1-9,14,16,22,26H,10-13,15,17H2,(H,34,37)/t22-,26+/m0/s1. The van der Waals surface area contributed by atoms with E-state index in [9.17, 15) is 26.7 Å². The maximum absolute atomic E-state index is 14.3. The van der Waals surface area contributed by atoms with E-state index in [0.717, 1.165) is 37.2 Å². The van der Waals surface area contributed by atoms with E-state index in [1.807, 2.05) is 23.1 Å². The first-order chi connectivity index (χ1) is 17.7. The smallest absolute Gasteiger partial charge is 0.365 e. The van der Waals surface area contributed by atoms with Crippen molar-refractivity contribution in [2.45, 2.75) is 25.1 Å². The van der Waals surface area contributed by atoms with Crippen molar-refractivity contribution < 1.29 is 26.7 Å². The number of halogens is 5. The molecule has 3 aromatic rings. The zero-order valence-electron chi connectivity index (χ0n) is 19.9. The minimum atomic E-state index is -4.50. The van der Waals surface area contributed by atoms with E-state index in [1.54, 1.807) is 0 Å². The van der Waals surface area contributed by atoms with Crippen molar-refractivity contribution in [2.24, 2.45) is 5.92 Å². The van der Waals surface area contributed by atoms with E-state index < -0.39 is 35.2 Å². The summed E-state index contributed by atoms with van der Waals surface area (Å²) in [4.78, 5) is 17.7. The average Bonchev–Trinajstić information content (AvgIpc) is 2.88. The highest BCUT2D eigenvalue weighted by atomic mass is 19.4. The minimum Gasteiger partial charge on any atom is -0.365 e. The van der Waals surface area contributed by atoms with Gasteiger partial charge in [-0.15, -0.1) is 0 Å². The van der Waals surface area contributed by atoms with Crippen LogP contribution >= 0.6 is 0 Å². The lowest BCUT2D eigenvalue weighted by Crippen LogP contribution is -2.60. The Hall–Kier alpha value is -3.46. The lowest BCUT2D eigenvalue weighted by molar-refractivity contribution is -0.137. The Morgan fingerprint density at radius 2 is 1.76 bits per heavy atom. The van der Waals surface area contributed by atoms with Gasteiger partial charge in [0.2, 0.25) is 5.91 Å². The van der Waals surface area contributed by atoms with Crippen LogP contribution in [0.3, 0.4) is 0 Å². The van der Waals surface area contributed by atoms with Crippen molar-refractivity contribution in [1.29, 1.82) is 0 Å². The van der Waals surface area contributed by atoms with E-state index in [4.69, 9.17) is 0 Å². The second-order valence-electron chi connectivity index (χ2n) is 9.56. The third kappa shape index (κ3) is 5.46. The number of fused-ring (bicyclic) bond motifs is 3. The Labute approximate surface area is 211 Å². The summed E-state index contributed by atoms with van der Waals surface area (Å²) in [5.41, 5.74) is 1.39. The number of nitrogens with zero attached hydrogens (tertiary/aromatic N) is 2. The quantitative estimate of drug-likeness (QED) is 0.454. The van der Waals surface area contributed by atoms with Gasteiger partial charge in [-0.3, -0.25) is 9.69 Å². The maximum Gasteiger partial charge on any atom is 0.416 e. The molecule has 0 radical (unpaired) electrons. The molecule has 0 spiro atoms. The zero-order valence-corrected chi connectivity index (χ0v) is 19.9. The van der Waals surface area contributed by atoms with Gasteiger partial charge in [0, 0.05) is 37.9 Å². The Kier molecular flexibility index (Phi) is 6.90. The number of rotatable bonds is 5. The number of amides is 1. The number of hydrogen-bond donors (Lipinski definition) is 1. The molecule has 0 unspecified atom stereocenters. The van der Waals surface area contributed by atoms with Crippen LogP contribution in [0.1, 0.15) is 16.7 Å². The van der Waals surface area contributed by atoms with Gasteiger partial charge in [0.05, 0.1) is 23.2 Å². The van der Waals surface area contributed by atoms with Crippen molar-refractivity contribution >= 4 is 17.3 Å². The van der Waals surface area contributed by atoms with Gasteiger partial charge in [-0.1, -0.05) is 30.3 Å². The van der Waals surface area contributed by atoms with Crippen LogP contribution in [0, 0.1) is 17.6 Å². The molecule has 4 nitrogen and oxygen atoms in total. The monoisotopic (exact) mass is 515 g/mol. The summed E-state index contributed by atoms with van der Waals surface area (Å²) in [6.45, 7) is 2.56. The molecule has 2 heterocycles. The molecule has 194 valence electrons. The fourth-order valence-corrected chi connectivity index (χ4v) is 5.31. The normalized spacial score (nSPS) is 19.8. The molecule has 0 aliphatic carbocycles. The maximum atomic E-state index is 14.3. The first-order valence-corrected chi connectivity index (χ1v) is 12.2. The molecule has 1 N–H and O–H groups in total. The first-order valence-electron chi connectivity index (χ1n) is 12.2. The summed E-state index contributed by atoms with van der Waals surface area (Å²) in [5.74, 6) is -2.91. The topological polar surface area (TPSA) is 35.6 Å². The Bertz CT molecular complexity index is 1280. The van der Waals surface area contributed by atoms with Crippen LogP contribution in [0.4, 0.5) is 33.3 Å². The SMILES string of the molecule is O=C(Nc1ccc(F)cc1F)[C@H]1Cc2cc(C(F)(F)F)ccc2N2CCN(CCc3ccccc3)C[C@H]12. The number of carbonyl (C=O) groups excluding carboxylic acids is 1. The predicted molar refractivity (Wildman–Crippen MR) is 131 cm³/mol. The van der Waals surface area contributed by atoms with Crippen molar-refractivity contribution in [2.75, 3.05) is 36.4 Å². The van der Waals surface area contributed by atoms with Crippen molar-refractivity contribution in [3.63, 3.8) is 0 Å². The van der Waals surface area contributed by atoms with Gasteiger partial charge in [-0.2, -0.15) is 13.2 Å². The summed E-state index contributed by atoms with van der Waals surface area (Å²) in [7, 11) is 0. The van der Waals surface area contributed by atoms with Crippen LogP contribution in [0.15, 0.2) is 66.7 Å². The van der Waals surface area contributed by atoms with E-state index in [1.165, 1.54) is 11.6 Å². The highest BCUT2D eigenvalue weighted by Gasteiger charge is 2.42. The molecule has 1 fully saturated rings. The van der Waals surface area contributed by atoms with Crippen molar-refractivity contribution in [3.8, 4) is 0 Å². The highest BCUT2D eigenvalue weighted by Crippen LogP contribution is 2.40. The molecule has 37 heavy (non-hydrogen) atoms. The molecule has 5 rings (SSSR count). The average molecular weight is 516 g/mol. The summed E-state index contributed by atoms with van der Waals surface area (Å²) in [6.07, 6.45) is -3.59. The largest absolute Gasteiger partial charge is 0.416 e. The predicted octanol–water partition coefficient (Wildman–Crippen LogP) is 5.53. The molecule has 3 aromatic carbocycles. The highest BCUT2D eigenvalue weighted by molar-refractivity contribution is 5.94. The molecule has 2 aliphatic heterocycles. The van der Waals surface area contributed by atoms with Crippen molar-refractivity contribution in [3.05, 3.63) is 95.1 Å². The lowest BCUT2D eigenvalue weighted by Gasteiger charge is -2.49. The Morgan fingerprint density at radius 1 is 0.973 bits per heavy atom. The van der Waals surface area contributed by atoms with Gasteiger partial charge < -0.3 is 10.2 Å². The van der Waals surface area contributed by atoms with Crippen LogP contribution < -0.4 is 10.2 Å². The minimum absolute atomic E-state index is 0.0849. The van der Waals surface area contributed by atoms with Crippen LogP contribution in [0.5, 0.6) is 0 Å². The molecule has 2 atom stereocenters. The third-order valence-corrected chi connectivity index (χ3v) is 7.21. The van der Waals surface area contributed by atoms with E-state index in [0.29, 0.717) is 37.0 Å². The summed E-state index contributed by atoms with van der Waals surface area (Å²) < 4.78 is 67.8. The molecular weight excluding hydrogens is 489 g/mol. The third-order valence-electron chi connectivity index (χ3n) is 7.21. The van der Waals surface area contributed by atoms with Gasteiger partial charge in [-0.25, -0.2) is 8.78 Å². The van der Waals surface area contributed by atoms with E-state index in [2.05, 4.69) is 22.3 Å². The van der Waals surface area contributed by atoms with Crippen LogP contribution in [0.2, 0.25) is 0 Å². The fraction of sp³-hybridized carbons (Fsp3) is 0.321. The number of alkyl halides is 3. The summed E-state index contributed by atoms with van der Waals surface area (Å²) >= 11 is 0. The number of nitrogens with one attached hydrogen (secondary N) is 1. The van der Waals surface area contributed by atoms with Gasteiger partial charge in [-0.05, 0) is 54.3 Å². The number of hydrogen-bond acceptors (Lipinski definition) is 3. The summed E-state index contributed by atoms with van der Waals surface area (Å²) in [6, 6.07) is 16.3. The number of carbonyl (C=O) groups is 1.